The van der Waals surface area contributed by atoms with Crippen LogP contribution in [0.2, 0.25) is 0 Å². The first-order chi connectivity index (χ1) is 6.47. The minimum atomic E-state index is 0.170. The molecule has 0 spiro atoms. The Kier molecular flexibility index (Phi) is 4.00. The van der Waals surface area contributed by atoms with Crippen molar-refractivity contribution >= 4 is 0 Å². The number of unbranched alkanes of at least 4 members (excludes halogenated alkanes) is 1. The Bertz CT molecular complexity index is 174. The monoisotopic (exact) mass is 197 g/mol. The van der Waals surface area contributed by atoms with E-state index in [0.717, 1.165) is 0 Å². The maximum absolute atomic E-state index is 6.47. The fourth-order valence-electron chi connectivity index (χ4n) is 2.54. The highest BCUT2D eigenvalue weighted by Crippen LogP contribution is 2.38. The second-order valence-corrected chi connectivity index (χ2v) is 5.98. The predicted octanol–water partition coefficient (Wildman–Crippen LogP) is 3.86. The van der Waals surface area contributed by atoms with Crippen molar-refractivity contribution in [3.8, 4) is 0 Å². The molecular formula is C13H27N. The van der Waals surface area contributed by atoms with Gasteiger partial charge in [0, 0.05) is 5.54 Å². The Morgan fingerprint density at radius 2 is 1.79 bits per heavy atom. The molecule has 0 amide bonds. The number of hydrogen-bond donors (Lipinski definition) is 1. The molecule has 14 heavy (non-hydrogen) atoms. The summed E-state index contributed by atoms with van der Waals surface area (Å²) in [6, 6.07) is 0. The van der Waals surface area contributed by atoms with Crippen LogP contribution in [0.25, 0.3) is 0 Å². The van der Waals surface area contributed by atoms with Crippen LogP contribution in [0.5, 0.6) is 0 Å². The van der Waals surface area contributed by atoms with Crippen molar-refractivity contribution in [3.63, 3.8) is 0 Å². The van der Waals surface area contributed by atoms with Crippen molar-refractivity contribution in [3.05, 3.63) is 0 Å². The fourth-order valence-corrected chi connectivity index (χ4v) is 2.54. The molecule has 1 rings (SSSR count). The van der Waals surface area contributed by atoms with E-state index in [0.29, 0.717) is 5.41 Å². The van der Waals surface area contributed by atoms with Gasteiger partial charge in [0.15, 0.2) is 0 Å². The van der Waals surface area contributed by atoms with Crippen LogP contribution in [0.1, 0.15) is 72.1 Å². The van der Waals surface area contributed by atoms with Gasteiger partial charge in [0.2, 0.25) is 0 Å². The zero-order chi connectivity index (χ0) is 10.7. The molecule has 0 aromatic heterocycles. The van der Waals surface area contributed by atoms with E-state index in [1.54, 1.807) is 0 Å². The highest BCUT2D eigenvalue weighted by molar-refractivity contribution is 4.89. The summed E-state index contributed by atoms with van der Waals surface area (Å²) < 4.78 is 0. The molecule has 1 atom stereocenters. The van der Waals surface area contributed by atoms with Crippen LogP contribution >= 0.6 is 0 Å². The number of nitrogens with two attached hydrogens (primary N) is 1. The highest BCUT2D eigenvalue weighted by atomic mass is 14.7. The fraction of sp³-hybridized carbons (Fsp3) is 1.00. The maximum Gasteiger partial charge on any atom is 0.0154 e. The first-order valence-electron chi connectivity index (χ1n) is 6.26. The predicted molar refractivity (Wildman–Crippen MR) is 63.3 cm³/mol. The molecule has 0 aromatic rings. The van der Waals surface area contributed by atoms with Crippen molar-refractivity contribution in [1.82, 2.24) is 0 Å². The summed E-state index contributed by atoms with van der Waals surface area (Å²) in [6.07, 6.45) is 10.3. The van der Waals surface area contributed by atoms with Crippen LogP contribution in [-0.4, -0.2) is 5.54 Å². The number of hydrogen-bond acceptors (Lipinski definition) is 1. The maximum atomic E-state index is 6.47. The lowest BCUT2D eigenvalue weighted by atomic mass is 9.82. The lowest BCUT2D eigenvalue weighted by Gasteiger charge is -2.29. The Hall–Kier alpha value is -0.0400. The summed E-state index contributed by atoms with van der Waals surface area (Å²) >= 11 is 0. The summed E-state index contributed by atoms with van der Waals surface area (Å²) in [4.78, 5) is 0. The van der Waals surface area contributed by atoms with Crippen molar-refractivity contribution in [2.24, 2.45) is 11.1 Å². The molecule has 1 aliphatic carbocycles. The highest BCUT2D eigenvalue weighted by Gasteiger charge is 2.31. The van der Waals surface area contributed by atoms with Crippen molar-refractivity contribution < 1.29 is 0 Å². The van der Waals surface area contributed by atoms with Gasteiger partial charge in [-0.25, -0.2) is 0 Å². The topological polar surface area (TPSA) is 26.0 Å². The Balaban J connectivity index is 2.47. The van der Waals surface area contributed by atoms with Crippen LogP contribution in [0.15, 0.2) is 0 Å². The molecule has 0 heterocycles. The molecular weight excluding hydrogens is 170 g/mol. The minimum Gasteiger partial charge on any atom is -0.325 e. The van der Waals surface area contributed by atoms with Crippen molar-refractivity contribution in [2.75, 3.05) is 0 Å². The van der Waals surface area contributed by atoms with Gasteiger partial charge >= 0.3 is 0 Å². The van der Waals surface area contributed by atoms with Crippen LogP contribution in [-0.2, 0) is 0 Å². The van der Waals surface area contributed by atoms with Gasteiger partial charge in [-0.3, -0.25) is 0 Å². The van der Waals surface area contributed by atoms with Gasteiger partial charge in [-0.05, 0) is 37.5 Å². The third-order valence-electron chi connectivity index (χ3n) is 3.86. The number of rotatable bonds is 3. The van der Waals surface area contributed by atoms with Gasteiger partial charge in [0.25, 0.3) is 0 Å². The average molecular weight is 197 g/mol. The van der Waals surface area contributed by atoms with E-state index in [1.165, 1.54) is 51.4 Å². The third kappa shape index (κ3) is 3.61. The standard InChI is InChI=1S/C13H27N/c1-4-5-8-13(14)9-6-7-12(2,3)10-11-13/h4-11,14H2,1-3H3. The van der Waals surface area contributed by atoms with Gasteiger partial charge in [0.1, 0.15) is 0 Å². The molecule has 1 fully saturated rings. The van der Waals surface area contributed by atoms with Gasteiger partial charge < -0.3 is 5.73 Å². The largest absolute Gasteiger partial charge is 0.325 e. The van der Waals surface area contributed by atoms with Crippen molar-refractivity contribution in [2.45, 2.75) is 77.7 Å². The Labute approximate surface area is 89.5 Å². The summed E-state index contributed by atoms with van der Waals surface area (Å²) in [5.41, 5.74) is 7.17. The second-order valence-electron chi connectivity index (χ2n) is 5.98. The Morgan fingerprint density at radius 3 is 2.43 bits per heavy atom. The lowest BCUT2D eigenvalue weighted by molar-refractivity contribution is 0.288. The molecule has 0 aromatic carbocycles. The van der Waals surface area contributed by atoms with E-state index in [9.17, 15) is 0 Å². The van der Waals surface area contributed by atoms with E-state index in [4.69, 9.17) is 5.73 Å². The zero-order valence-corrected chi connectivity index (χ0v) is 10.2. The summed E-state index contributed by atoms with van der Waals surface area (Å²) in [7, 11) is 0. The first-order valence-corrected chi connectivity index (χ1v) is 6.26. The van der Waals surface area contributed by atoms with E-state index in [-0.39, 0.29) is 5.54 Å². The van der Waals surface area contributed by atoms with Gasteiger partial charge in [-0.1, -0.05) is 40.0 Å². The SMILES string of the molecule is CCCCC1(N)CCCC(C)(C)CC1. The lowest BCUT2D eigenvalue weighted by Crippen LogP contribution is -2.39. The summed E-state index contributed by atoms with van der Waals surface area (Å²) in [6.45, 7) is 7.03. The van der Waals surface area contributed by atoms with Crippen LogP contribution in [0.3, 0.4) is 0 Å². The molecule has 0 radical (unpaired) electrons. The molecule has 1 aliphatic rings. The molecule has 0 aliphatic heterocycles. The average Bonchev–Trinajstić information content (AvgIpc) is 2.24. The van der Waals surface area contributed by atoms with Crippen LogP contribution in [0, 0.1) is 5.41 Å². The van der Waals surface area contributed by atoms with Crippen LogP contribution in [0.4, 0.5) is 0 Å². The summed E-state index contributed by atoms with van der Waals surface area (Å²) in [5, 5.41) is 0. The third-order valence-corrected chi connectivity index (χ3v) is 3.86. The molecule has 2 N–H and O–H groups in total. The van der Waals surface area contributed by atoms with Gasteiger partial charge in [-0.15, -0.1) is 0 Å². The molecule has 84 valence electrons. The molecule has 0 saturated heterocycles. The first kappa shape index (κ1) is 12.0. The second kappa shape index (κ2) is 4.65. The quantitative estimate of drug-likeness (QED) is 0.683. The summed E-state index contributed by atoms with van der Waals surface area (Å²) in [5.74, 6) is 0. The smallest absolute Gasteiger partial charge is 0.0154 e. The molecule has 1 unspecified atom stereocenters. The van der Waals surface area contributed by atoms with Crippen molar-refractivity contribution in [1.29, 1.82) is 0 Å². The van der Waals surface area contributed by atoms with E-state index in [1.807, 2.05) is 0 Å². The van der Waals surface area contributed by atoms with Gasteiger partial charge in [0.05, 0.1) is 0 Å². The Morgan fingerprint density at radius 1 is 1.07 bits per heavy atom. The molecule has 1 nitrogen and oxygen atoms in total. The van der Waals surface area contributed by atoms with E-state index >= 15 is 0 Å². The molecule has 1 saturated carbocycles. The van der Waals surface area contributed by atoms with E-state index in [2.05, 4.69) is 20.8 Å². The normalized spacial score (nSPS) is 32.6. The van der Waals surface area contributed by atoms with E-state index < -0.39 is 0 Å². The van der Waals surface area contributed by atoms with Crippen LogP contribution < -0.4 is 5.73 Å². The zero-order valence-electron chi connectivity index (χ0n) is 10.2. The molecule has 1 heteroatoms. The minimum absolute atomic E-state index is 0.170. The van der Waals surface area contributed by atoms with Gasteiger partial charge in [-0.2, -0.15) is 0 Å². The molecule has 0 bridgehead atoms.